The zero-order valence-corrected chi connectivity index (χ0v) is 17.1. The van der Waals surface area contributed by atoms with Crippen LogP contribution >= 0.6 is 11.3 Å². The number of aromatic nitrogens is 1. The maximum atomic E-state index is 12.3. The smallest absolute Gasteiger partial charge is 0.226 e. The molecule has 7 nitrogen and oxygen atoms in total. The zero-order chi connectivity index (χ0) is 19.7. The second-order valence-corrected chi connectivity index (χ2v) is 9.88. The van der Waals surface area contributed by atoms with E-state index in [1.165, 1.54) is 11.3 Å². The molecule has 1 aliphatic rings. The molecule has 3 rings (SSSR count). The largest absolute Gasteiger partial charge is 0.493 e. The highest BCUT2D eigenvalue weighted by atomic mass is 32.2. The van der Waals surface area contributed by atoms with E-state index in [9.17, 15) is 13.2 Å². The molecule has 0 saturated carbocycles. The second kappa shape index (κ2) is 7.47. The highest BCUT2D eigenvalue weighted by Gasteiger charge is 2.39. The Morgan fingerprint density at radius 3 is 2.67 bits per heavy atom. The Labute approximate surface area is 162 Å². The summed E-state index contributed by atoms with van der Waals surface area (Å²) in [7, 11) is 0.0825. The zero-order valence-electron chi connectivity index (χ0n) is 15.4. The number of hydrogen-bond donors (Lipinski definition) is 1. The minimum Gasteiger partial charge on any atom is -0.493 e. The van der Waals surface area contributed by atoms with Gasteiger partial charge in [-0.3, -0.25) is 4.79 Å². The number of ether oxygens (including phenoxy) is 2. The van der Waals surface area contributed by atoms with Gasteiger partial charge in [0.1, 0.15) is 5.01 Å². The number of amides is 1. The first-order valence-electron chi connectivity index (χ1n) is 8.42. The summed E-state index contributed by atoms with van der Waals surface area (Å²) >= 11 is 1.44. The highest BCUT2D eigenvalue weighted by molar-refractivity contribution is 7.91. The van der Waals surface area contributed by atoms with E-state index >= 15 is 0 Å². The van der Waals surface area contributed by atoms with Crippen LogP contribution in [0.15, 0.2) is 23.6 Å². The number of carbonyl (C=O) groups is 1. The third kappa shape index (κ3) is 4.59. The Morgan fingerprint density at radius 2 is 2.04 bits per heavy atom. The summed E-state index contributed by atoms with van der Waals surface area (Å²) in [6, 6.07) is 5.53. The average molecular weight is 411 g/mol. The van der Waals surface area contributed by atoms with Gasteiger partial charge in [-0.1, -0.05) is 0 Å². The molecule has 0 spiro atoms. The first kappa shape index (κ1) is 19.6. The SMILES string of the molecule is COc1ccc(-c2nc(CC(=O)NC3(C)CCS(=O)(=O)C3)cs2)cc1OC. The first-order valence-corrected chi connectivity index (χ1v) is 11.1. The van der Waals surface area contributed by atoms with E-state index in [4.69, 9.17) is 9.47 Å². The summed E-state index contributed by atoms with van der Waals surface area (Å²) in [6.07, 6.45) is 0.550. The maximum Gasteiger partial charge on any atom is 0.226 e. The molecule has 1 aromatic heterocycles. The van der Waals surface area contributed by atoms with E-state index < -0.39 is 15.4 Å². The van der Waals surface area contributed by atoms with Crippen LogP contribution in [0.1, 0.15) is 19.0 Å². The Bertz CT molecular complexity index is 954. The lowest BCUT2D eigenvalue weighted by Gasteiger charge is -2.23. The van der Waals surface area contributed by atoms with Crippen LogP contribution in [0, 0.1) is 0 Å². The van der Waals surface area contributed by atoms with E-state index in [0.717, 1.165) is 10.6 Å². The van der Waals surface area contributed by atoms with E-state index in [-0.39, 0.29) is 23.8 Å². The van der Waals surface area contributed by atoms with E-state index in [1.54, 1.807) is 21.1 Å². The Hall–Kier alpha value is -2.13. The molecule has 2 heterocycles. The predicted molar refractivity (Wildman–Crippen MR) is 104 cm³/mol. The molecule has 0 bridgehead atoms. The first-order chi connectivity index (χ1) is 12.7. The van der Waals surface area contributed by atoms with E-state index in [0.29, 0.717) is 23.6 Å². The van der Waals surface area contributed by atoms with Crippen molar-refractivity contribution in [2.75, 3.05) is 25.7 Å². The van der Waals surface area contributed by atoms with Crippen molar-refractivity contribution < 1.29 is 22.7 Å². The molecule has 9 heteroatoms. The third-order valence-corrected chi connectivity index (χ3v) is 7.31. The number of rotatable bonds is 6. The topological polar surface area (TPSA) is 94.6 Å². The van der Waals surface area contributed by atoms with E-state index in [1.807, 2.05) is 23.6 Å². The van der Waals surface area contributed by atoms with Gasteiger partial charge in [0.05, 0.1) is 43.4 Å². The maximum absolute atomic E-state index is 12.3. The number of sulfone groups is 1. The van der Waals surface area contributed by atoms with Crippen molar-refractivity contribution >= 4 is 27.1 Å². The van der Waals surface area contributed by atoms with Gasteiger partial charge < -0.3 is 14.8 Å². The minimum absolute atomic E-state index is 0.0142. The van der Waals surface area contributed by atoms with Crippen LogP contribution < -0.4 is 14.8 Å². The normalized spacial score (nSPS) is 21.0. The lowest BCUT2D eigenvalue weighted by molar-refractivity contribution is -0.121. The molecular formula is C18H22N2O5S2. The molecule has 1 aliphatic heterocycles. The molecular weight excluding hydrogens is 388 g/mol. The summed E-state index contributed by atoms with van der Waals surface area (Å²) in [5.74, 6) is 1.12. The fraction of sp³-hybridized carbons (Fsp3) is 0.444. The van der Waals surface area contributed by atoms with Crippen LogP contribution in [-0.4, -0.2) is 50.6 Å². The van der Waals surface area contributed by atoms with Crippen molar-refractivity contribution in [3.8, 4) is 22.1 Å². The molecule has 27 heavy (non-hydrogen) atoms. The Balaban J connectivity index is 1.68. The minimum atomic E-state index is -3.07. The van der Waals surface area contributed by atoms with Gasteiger partial charge >= 0.3 is 0 Å². The molecule has 1 amide bonds. The van der Waals surface area contributed by atoms with Gasteiger partial charge in [-0.2, -0.15) is 0 Å². The standard InChI is InChI=1S/C18H22N2O5S2/c1-18(6-7-27(22,23)11-18)20-16(21)9-13-10-26-17(19-13)12-4-5-14(24-2)15(8-12)25-3/h4-5,8,10H,6-7,9,11H2,1-3H3,(H,20,21). The molecule has 1 saturated heterocycles. The van der Waals surface area contributed by atoms with Crippen LogP contribution in [0.3, 0.4) is 0 Å². The van der Waals surface area contributed by atoms with Crippen molar-refractivity contribution in [2.45, 2.75) is 25.3 Å². The second-order valence-electron chi connectivity index (χ2n) is 6.84. The quantitative estimate of drug-likeness (QED) is 0.783. The van der Waals surface area contributed by atoms with Gasteiger partial charge in [-0.05, 0) is 31.5 Å². The molecule has 2 aromatic rings. The van der Waals surface area contributed by atoms with Gasteiger partial charge in [0.25, 0.3) is 0 Å². The highest BCUT2D eigenvalue weighted by Crippen LogP contribution is 2.33. The lowest BCUT2D eigenvalue weighted by Crippen LogP contribution is -2.47. The number of hydrogen-bond acceptors (Lipinski definition) is 7. The molecule has 0 radical (unpaired) electrons. The molecule has 146 valence electrons. The van der Waals surface area contributed by atoms with Gasteiger partial charge in [-0.25, -0.2) is 13.4 Å². The third-order valence-electron chi connectivity index (χ3n) is 4.47. The van der Waals surface area contributed by atoms with Crippen molar-refractivity contribution in [1.29, 1.82) is 0 Å². The van der Waals surface area contributed by atoms with Crippen LogP contribution in [0.4, 0.5) is 0 Å². The van der Waals surface area contributed by atoms with Crippen LogP contribution in [-0.2, 0) is 21.1 Å². The Kier molecular flexibility index (Phi) is 5.43. The fourth-order valence-electron chi connectivity index (χ4n) is 3.14. The van der Waals surface area contributed by atoms with Crippen molar-refractivity contribution in [3.05, 3.63) is 29.3 Å². The van der Waals surface area contributed by atoms with Crippen LogP contribution in [0.5, 0.6) is 11.5 Å². The number of carbonyl (C=O) groups excluding carboxylic acids is 1. The van der Waals surface area contributed by atoms with Gasteiger partial charge in [0.2, 0.25) is 5.91 Å². The number of nitrogens with zero attached hydrogens (tertiary/aromatic N) is 1. The summed E-state index contributed by atoms with van der Waals surface area (Å²) in [4.78, 5) is 16.9. The fourth-order valence-corrected chi connectivity index (χ4v) is 6.05. The van der Waals surface area contributed by atoms with Crippen molar-refractivity contribution in [3.63, 3.8) is 0 Å². The number of methoxy groups -OCH3 is 2. The molecule has 1 unspecified atom stereocenters. The number of benzene rings is 1. The summed E-state index contributed by atoms with van der Waals surface area (Å²) in [5.41, 5.74) is 0.822. The average Bonchev–Trinajstić information content (AvgIpc) is 3.17. The molecule has 1 atom stereocenters. The predicted octanol–water partition coefficient (Wildman–Crippen LogP) is 2.06. The molecule has 1 aromatic carbocycles. The Morgan fingerprint density at radius 1 is 1.30 bits per heavy atom. The molecule has 0 aliphatic carbocycles. The summed E-state index contributed by atoms with van der Waals surface area (Å²) in [6.45, 7) is 1.77. The van der Waals surface area contributed by atoms with Gasteiger partial charge in [0, 0.05) is 10.9 Å². The number of nitrogens with one attached hydrogen (secondary N) is 1. The number of thiazole rings is 1. The summed E-state index contributed by atoms with van der Waals surface area (Å²) in [5, 5.41) is 5.46. The van der Waals surface area contributed by atoms with Crippen molar-refractivity contribution in [1.82, 2.24) is 10.3 Å². The monoisotopic (exact) mass is 410 g/mol. The lowest BCUT2D eigenvalue weighted by atomic mass is 10.0. The van der Waals surface area contributed by atoms with Gasteiger partial charge in [0.15, 0.2) is 21.3 Å². The molecule has 1 fully saturated rings. The van der Waals surface area contributed by atoms with E-state index in [2.05, 4.69) is 10.3 Å². The van der Waals surface area contributed by atoms with Gasteiger partial charge in [-0.15, -0.1) is 11.3 Å². The molecule has 1 N–H and O–H groups in total. The summed E-state index contributed by atoms with van der Waals surface area (Å²) < 4.78 is 33.9. The van der Waals surface area contributed by atoms with Crippen LogP contribution in [0.25, 0.3) is 10.6 Å². The van der Waals surface area contributed by atoms with Crippen LogP contribution in [0.2, 0.25) is 0 Å². The van der Waals surface area contributed by atoms with Crippen molar-refractivity contribution in [2.24, 2.45) is 0 Å².